The molecule has 0 amide bonds. The highest BCUT2D eigenvalue weighted by molar-refractivity contribution is 7.15. The minimum Gasteiger partial charge on any atom is -0.377 e. The summed E-state index contributed by atoms with van der Waals surface area (Å²) in [6.45, 7) is 5.97. The van der Waals surface area contributed by atoms with Gasteiger partial charge in [0.15, 0.2) is 0 Å². The number of hydrogen-bond donors (Lipinski definition) is 0. The van der Waals surface area contributed by atoms with Gasteiger partial charge in [-0.25, -0.2) is 4.98 Å². The Bertz CT molecular complexity index is 489. The summed E-state index contributed by atoms with van der Waals surface area (Å²) in [7, 11) is 0. The van der Waals surface area contributed by atoms with Crippen molar-refractivity contribution in [3.05, 3.63) is 23.6 Å². The normalized spacial score (nSPS) is 17.7. The predicted octanol–water partition coefficient (Wildman–Crippen LogP) is 3.09. The van der Waals surface area contributed by atoms with E-state index >= 15 is 0 Å². The van der Waals surface area contributed by atoms with Gasteiger partial charge in [0.1, 0.15) is 0 Å². The number of nitrogens with zero attached hydrogens (tertiary/aromatic N) is 3. The third kappa shape index (κ3) is 2.08. The van der Waals surface area contributed by atoms with Crippen molar-refractivity contribution in [2.75, 3.05) is 13.2 Å². The second-order valence-corrected chi connectivity index (χ2v) is 5.83. The molecule has 18 heavy (non-hydrogen) atoms. The minimum absolute atomic E-state index is 0.417. The number of hydrogen-bond acceptors (Lipinski definition) is 4. The quantitative estimate of drug-likeness (QED) is 0.851. The van der Waals surface area contributed by atoms with Crippen LogP contribution in [0.4, 0.5) is 0 Å². The molecule has 0 N–H and O–H groups in total. The van der Waals surface area contributed by atoms with Gasteiger partial charge in [0.25, 0.3) is 0 Å². The second kappa shape index (κ2) is 4.82. The molecule has 1 aliphatic heterocycles. The molecule has 0 spiro atoms. The third-order valence-corrected chi connectivity index (χ3v) is 4.72. The monoisotopic (exact) mass is 263 g/mol. The van der Waals surface area contributed by atoms with Gasteiger partial charge in [0, 0.05) is 23.9 Å². The SMILES string of the molecule is CCC(C)c1ncc(-c2cnn(C3COC3)c2)s1. The van der Waals surface area contributed by atoms with Crippen molar-refractivity contribution in [3.8, 4) is 10.4 Å². The molecule has 5 heteroatoms. The van der Waals surface area contributed by atoms with Crippen LogP contribution in [0, 0.1) is 0 Å². The molecule has 1 saturated heterocycles. The van der Waals surface area contributed by atoms with E-state index in [1.807, 2.05) is 17.1 Å². The zero-order chi connectivity index (χ0) is 12.5. The molecule has 0 aliphatic carbocycles. The summed E-state index contributed by atoms with van der Waals surface area (Å²) in [5.41, 5.74) is 1.16. The van der Waals surface area contributed by atoms with Crippen molar-refractivity contribution in [2.24, 2.45) is 0 Å². The van der Waals surface area contributed by atoms with Crippen LogP contribution >= 0.6 is 11.3 Å². The van der Waals surface area contributed by atoms with Gasteiger partial charge in [-0.3, -0.25) is 4.68 Å². The van der Waals surface area contributed by atoms with Gasteiger partial charge in [0.2, 0.25) is 0 Å². The van der Waals surface area contributed by atoms with Gasteiger partial charge in [-0.15, -0.1) is 11.3 Å². The van der Waals surface area contributed by atoms with E-state index in [-0.39, 0.29) is 0 Å². The van der Waals surface area contributed by atoms with Crippen molar-refractivity contribution in [2.45, 2.75) is 32.2 Å². The fourth-order valence-corrected chi connectivity index (χ4v) is 2.89. The Morgan fingerprint density at radius 2 is 2.33 bits per heavy atom. The average molecular weight is 263 g/mol. The molecule has 0 saturated carbocycles. The number of aromatic nitrogens is 3. The zero-order valence-corrected chi connectivity index (χ0v) is 11.5. The summed E-state index contributed by atoms with van der Waals surface area (Å²) < 4.78 is 7.19. The fourth-order valence-electron chi connectivity index (χ4n) is 1.86. The molecule has 0 radical (unpaired) electrons. The zero-order valence-electron chi connectivity index (χ0n) is 10.7. The van der Waals surface area contributed by atoms with Gasteiger partial charge >= 0.3 is 0 Å². The lowest BCUT2D eigenvalue weighted by atomic mass is 10.1. The highest BCUT2D eigenvalue weighted by atomic mass is 32.1. The van der Waals surface area contributed by atoms with E-state index < -0.39 is 0 Å². The van der Waals surface area contributed by atoms with Crippen molar-refractivity contribution < 1.29 is 4.74 Å². The molecule has 0 bridgehead atoms. The van der Waals surface area contributed by atoms with Crippen LogP contribution in [0.5, 0.6) is 0 Å². The topological polar surface area (TPSA) is 39.9 Å². The van der Waals surface area contributed by atoms with E-state index in [9.17, 15) is 0 Å². The molecular weight excluding hydrogens is 246 g/mol. The Morgan fingerprint density at radius 3 is 3.00 bits per heavy atom. The lowest BCUT2D eigenvalue weighted by Crippen LogP contribution is -2.30. The van der Waals surface area contributed by atoms with E-state index in [0.717, 1.165) is 25.2 Å². The molecule has 3 rings (SSSR count). The van der Waals surface area contributed by atoms with Crippen LogP contribution in [0.1, 0.15) is 37.2 Å². The van der Waals surface area contributed by atoms with Crippen LogP contribution in [0.15, 0.2) is 18.6 Å². The lowest BCUT2D eigenvalue weighted by Gasteiger charge is -2.25. The molecular formula is C13H17N3OS. The van der Waals surface area contributed by atoms with E-state index in [2.05, 4.69) is 30.1 Å². The van der Waals surface area contributed by atoms with E-state index in [4.69, 9.17) is 4.74 Å². The van der Waals surface area contributed by atoms with Gasteiger partial charge < -0.3 is 4.74 Å². The van der Waals surface area contributed by atoms with Crippen LogP contribution in [0.3, 0.4) is 0 Å². The smallest absolute Gasteiger partial charge is 0.0985 e. The molecule has 4 nitrogen and oxygen atoms in total. The molecule has 1 atom stereocenters. The Balaban J connectivity index is 1.81. The van der Waals surface area contributed by atoms with E-state index in [1.54, 1.807) is 11.3 Å². The number of ether oxygens (including phenoxy) is 1. The average Bonchev–Trinajstić information content (AvgIpc) is 2.93. The summed E-state index contributed by atoms with van der Waals surface area (Å²) in [5, 5.41) is 5.62. The Kier molecular flexibility index (Phi) is 3.18. The maximum absolute atomic E-state index is 5.18. The highest BCUT2D eigenvalue weighted by Gasteiger charge is 2.21. The number of rotatable bonds is 4. The third-order valence-electron chi connectivity index (χ3n) is 3.44. The largest absolute Gasteiger partial charge is 0.377 e. The van der Waals surface area contributed by atoms with E-state index in [1.165, 1.54) is 9.88 Å². The number of thiazole rings is 1. The van der Waals surface area contributed by atoms with Gasteiger partial charge in [-0.1, -0.05) is 13.8 Å². The van der Waals surface area contributed by atoms with Crippen LogP contribution in [0.25, 0.3) is 10.4 Å². The molecule has 1 unspecified atom stereocenters. The summed E-state index contributed by atoms with van der Waals surface area (Å²) in [6, 6.07) is 0.417. The van der Waals surface area contributed by atoms with Gasteiger partial charge in [0.05, 0.1) is 35.3 Å². The summed E-state index contributed by atoms with van der Waals surface area (Å²) >= 11 is 1.77. The Morgan fingerprint density at radius 1 is 1.50 bits per heavy atom. The van der Waals surface area contributed by atoms with Crippen LogP contribution in [-0.2, 0) is 4.74 Å². The summed E-state index contributed by atoms with van der Waals surface area (Å²) in [4.78, 5) is 5.71. The highest BCUT2D eigenvalue weighted by Crippen LogP contribution is 2.31. The van der Waals surface area contributed by atoms with E-state index in [0.29, 0.717) is 12.0 Å². The van der Waals surface area contributed by atoms with Gasteiger partial charge in [-0.2, -0.15) is 5.10 Å². The van der Waals surface area contributed by atoms with Crippen molar-refractivity contribution in [3.63, 3.8) is 0 Å². The van der Waals surface area contributed by atoms with Crippen LogP contribution in [0.2, 0.25) is 0 Å². The summed E-state index contributed by atoms with van der Waals surface area (Å²) in [6.07, 6.45) is 7.11. The van der Waals surface area contributed by atoms with Crippen molar-refractivity contribution in [1.82, 2.24) is 14.8 Å². The predicted molar refractivity (Wildman–Crippen MR) is 71.9 cm³/mol. The molecule has 96 valence electrons. The van der Waals surface area contributed by atoms with Gasteiger partial charge in [-0.05, 0) is 6.42 Å². The standard InChI is InChI=1S/C13H17N3OS/c1-3-9(2)13-14-5-12(18-13)10-4-15-16(6-10)11-7-17-8-11/h4-6,9,11H,3,7-8H2,1-2H3. The molecule has 1 fully saturated rings. The first kappa shape index (κ1) is 11.9. The lowest BCUT2D eigenvalue weighted by molar-refractivity contribution is -0.0286. The molecule has 1 aliphatic rings. The second-order valence-electron chi connectivity index (χ2n) is 4.77. The van der Waals surface area contributed by atoms with Crippen LogP contribution in [-0.4, -0.2) is 28.0 Å². The summed E-state index contributed by atoms with van der Waals surface area (Å²) in [5.74, 6) is 0.541. The minimum atomic E-state index is 0.417. The van der Waals surface area contributed by atoms with Crippen molar-refractivity contribution >= 4 is 11.3 Å². The first-order valence-corrected chi connectivity index (χ1v) is 7.17. The first-order chi connectivity index (χ1) is 8.78. The maximum Gasteiger partial charge on any atom is 0.0985 e. The van der Waals surface area contributed by atoms with Crippen LogP contribution < -0.4 is 0 Å². The molecule has 3 heterocycles. The first-order valence-electron chi connectivity index (χ1n) is 6.36. The van der Waals surface area contributed by atoms with Crippen molar-refractivity contribution in [1.29, 1.82) is 0 Å². The molecule has 0 aromatic carbocycles. The Labute approximate surface area is 111 Å². The molecule has 2 aromatic rings. The molecule has 2 aromatic heterocycles. The maximum atomic E-state index is 5.18. The Hall–Kier alpha value is -1.20. The fraction of sp³-hybridized carbons (Fsp3) is 0.538.